The van der Waals surface area contributed by atoms with Gasteiger partial charge >= 0.3 is 0 Å². The van der Waals surface area contributed by atoms with Crippen LogP contribution in [-0.4, -0.2) is 29.3 Å². The molecule has 19 heavy (non-hydrogen) atoms. The maximum Gasteiger partial charge on any atom is 0.213 e. The van der Waals surface area contributed by atoms with Crippen LogP contribution in [0.3, 0.4) is 0 Å². The first-order chi connectivity index (χ1) is 8.93. The van der Waals surface area contributed by atoms with Crippen molar-refractivity contribution in [3.63, 3.8) is 0 Å². The predicted octanol–water partition coefficient (Wildman–Crippen LogP) is 2.62. The normalized spacial score (nSPS) is 12.1. The van der Waals surface area contributed by atoms with Gasteiger partial charge in [0.25, 0.3) is 0 Å². The number of sulfone groups is 1. The van der Waals surface area contributed by atoms with E-state index in [1.807, 2.05) is 6.20 Å². The van der Waals surface area contributed by atoms with Gasteiger partial charge in [-0.3, -0.25) is 0 Å². The van der Waals surface area contributed by atoms with Crippen molar-refractivity contribution in [2.24, 2.45) is 0 Å². The van der Waals surface area contributed by atoms with Gasteiger partial charge in [0.2, 0.25) is 4.96 Å². The zero-order chi connectivity index (χ0) is 13.6. The molecule has 0 spiro atoms. The molecule has 0 amide bonds. The summed E-state index contributed by atoms with van der Waals surface area (Å²) in [6, 6.07) is 6.67. The third-order valence-electron chi connectivity index (χ3n) is 2.60. The van der Waals surface area contributed by atoms with Crippen molar-refractivity contribution in [2.45, 2.75) is 4.90 Å². The molecule has 0 N–H and O–H groups in total. The number of imidazole rings is 1. The minimum atomic E-state index is -3.16. The first-order valence-electron chi connectivity index (χ1n) is 5.26. The molecule has 98 valence electrons. The molecule has 5 nitrogen and oxygen atoms in total. The van der Waals surface area contributed by atoms with Crippen LogP contribution in [-0.2, 0) is 9.84 Å². The van der Waals surface area contributed by atoms with Crippen LogP contribution >= 0.6 is 27.3 Å². The van der Waals surface area contributed by atoms with Crippen LogP contribution in [0.4, 0.5) is 0 Å². The second-order valence-corrected chi connectivity index (χ2v) is 8.25. The average molecular weight is 358 g/mol. The fraction of sp³-hybridized carbons (Fsp3) is 0.0909. The van der Waals surface area contributed by atoms with Crippen LogP contribution in [0.2, 0.25) is 0 Å². The van der Waals surface area contributed by atoms with Crippen LogP contribution < -0.4 is 0 Å². The third kappa shape index (κ3) is 2.43. The molecular formula is C11H8BrN3O2S2. The molecule has 0 bridgehead atoms. The average Bonchev–Trinajstić information content (AvgIpc) is 2.85. The molecule has 0 aliphatic carbocycles. The molecule has 0 fully saturated rings. The Morgan fingerprint density at radius 3 is 2.53 bits per heavy atom. The molecule has 3 rings (SSSR count). The predicted molar refractivity (Wildman–Crippen MR) is 77.1 cm³/mol. The molecule has 0 saturated carbocycles. The summed E-state index contributed by atoms with van der Waals surface area (Å²) in [7, 11) is -3.16. The fourth-order valence-corrected chi connectivity index (χ4v) is 3.53. The van der Waals surface area contributed by atoms with Crippen molar-refractivity contribution in [3.05, 3.63) is 34.4 Å². The molecule has 0 radical (unpaired) electrons. The summed E-state index contributed by atoms with van der Waals surface area (Å²) in [5.74, 6) is 0. The zero-order valence-electron chi connectivity index (χ0n) is 9.74. The van der Waals surface area contributed by atoms with Crippen molar-refractivity contribution in [1.29, 1.82) is 0 Å². The lowest BCUT2D eigenvalue weighted by Crippen LogP contribution is -1.96. The highest BCUT2D eigenvalue weighted by Gasteiger charge is 2.10. The molecule has 2 heterocycles. The number of nitrogens with zero attached hydrogens (tertiary/aromatic N) is 3. The summed E-state index contributed by atoms with van der Waals surface area (Å²) in [6.07, 6.45) is 3.00. The van der Waals surface area contributed by atoms with Crippen molar-refractivity contribution >= 4 is 42.1 Å². The van der Waals surface area contributed by atoms with E-state index in [0.29, 0.717) is 4.90 Å². The van der Waals surface area contributed by atoms with E-state index in [0.717, 1.165) is 20.1 Å². The molecule has 2 aromatic heterocycles. The Labute approximate surface area is 122 Å². The number of aromatic nitrogens is 3. The largest absolute Gasteiger partial charge is 0.224 e. The summed E-state index contributed by atoms with van der Waals surface area (Å²) in [6.45, 7) is 0. The molecule has 3 aromatic rings. The van der Waals surface area contributed by atoms with E-state index in [4.69, 9.17) is 0 Å². The van der Waals surface area contributed by atoms with Gasteiger partial charge in [-0.1, -0.05) is 23.5 Å². The van der Waals surface area contributed by atoms with Crippen LogP contribution in [0.1, 0.15) is 0 Å². The van der Waals surface area contributed by atoms with Gasteiger partial charge in [0.05, 0.1) is 16.8 Å². The molecule has 0 unspecified atom stereocenters. The lowest BCUT2D eigenvalue weighted by Gasteiger charge is -1.99. The lowest BCUT2D eigenvalue weighted by atomic mass is 10.2. The van der Waals surface area contributed by atoms with Crippen LogP contribution in [0.25, 0.3) is 16.2 Å². The lowest BCUT2D eigenvalue weighted by molar-refractivity contribution is 0.602. The van der Waals surface area contributed by atoms with Crippen LogP contribution in [0, 0.1) is 0 Å². The Balaban J connectivity index is 2.04. The second kappa shape index (κ2) is 4.39. The summed E-state index contributed by atoms with van der Waals surface area (Å²) in [4.78, 5) is 5.53. The van der Waals surface area contributed by atoms with E-state index < -0.39 is 9.84 Å². The Morgan fingerprint density at radius 2 is 1.95 bits per heavy atom. The summed E-state index contributed by atoms with van der Waals surface area (Å²) in [5, 5.41) is 4.21. The van der Waals surface area contributed by atoms with Crippen molar-refractivity contribution in [3.8, 4) is 11.3 Å². The fourth-order valence-electron chi connectivity index (χ4n) is 1.69. The standard InChI is InChI=1S/C11H8BrN3O2S2/c1-19(16,17)8-4-2-7(3-5-8)9-6-15-11(13-9)18-10(12)14-15/h2-6H,1H3. The van der Waals surface area contributed by atoms with E-state index in [1.165, 1.54) is 17.6 Å². The highest BCUT2D eigenvalue weighted by Crippen LogP contribution is 2.25. The molecule has 1 aromatic carbocycles. The van der Waals surface area contributed by atoms with E-state index in [1.54, 1.807) is 28.8 Å². The van der Waals surface area contributed by atoms with Gasteiger partial charge in [-0.25, -0.2) is 17.9 Å². The van der Waals surface area contributed by atoms with Gasteiger partial charge in [0.15, 0.2) is 13.8 Å². The molecule has 0 aliphatic heterocycles. The van der Waals surface area contributed by atoms with Gasteiger partial charge < -0.3 is 0 Å². The first-order valence-corrected chi connectivity index (χ1v) is 8.76. The number of hydrogen-bond acceptors (Lipinski definition) is 5. The zero-order valence-corrected chi connectivity index (χ0v) is 13.0. The Kier molecular flexibility index (Phi) is 2.95. The second-order valence-electron chi connectivity index (χ2n) is 4.00. The Hall–Kier alpha value is -1.25. The number of fused-ring (bicyclic) bond motifs is 1. The maximum atomic E-state index is 11.4. The molecule has 0 aliphatic rings. The van der Waals surface area contributed by atoms with E-state index in [-0.39, 0.29) is 0 Å². The number of rotatable bonds is 2. The van der Waals surface area contributed by atoms with E-state index in [2.05, 4.69) is 26.0 Å². The Morgan fingerprint density at radius 1 is 1.26 bits per heavy atom. The highest BCUT2D eigenvalue weighted by molar-refractivity contribution is 9.11. The number of halogens is 1. The van der Waals surface area contributed by atoms with Crippen molar-refractivity contribution in [1.82, 2.24) is 14.6 Å². The first kappa shape index (κ1) is 12.8. The van der Waals surface area contributed by atoms with E-state index >= 15 is 0 Å². The van der Waals surface area contributed by atoms with Crippen molar-refractivity contribution in [2.75, 3.05) is 6.26 Å². The quantitative estimate of drug-likeness (QED) is 0.707. The van der Waals surface area contributed by atoms with Gasteiger partial charge in [0, 0.05) is 11.8 Å². The summed E-state index contributed by atoms with van der Waals surface area (Å²) < 4.78 is 25.2. The maximum absolute atomic E-state index is 11.4. The molecule has 0 saturated heterocycles. The van der Waals surface area contributed by atoms with Gasteiger partial charge in [-0.15, -0.1) is 5.10 Å². The number of benzene rings is 1. The molecule has 0 atom stereocenters. The van der Waals surface area contributed by atoms with Gasteiger partial charge in [-0.2, -0.15) is 0 Å². The van der Waals surface area contributed by atoms with Crippen LogP contribution in [0.15, 0.2) is 39.3 Å². The summed E-state index contributed by atoms with van der Waals surface area (Å²) in [5.41, 5.74) is 1.63. The SMILES string of the molecule is CS(=O)(=O)c1ccc(-c2cn3nc(Br)sc3n2)cc1. The van der Waals surface area contributed by atoms with Gasteiger partial charge in [-0.05, 0) is 28.1 Å². The molecular weight excluding hydrogens is 350 g/mol. The molecule has 8 heteroatoms. The summed E-state index contributed by atoms with van der Waals surface area (Å²) >= 11 is 4.73. The third-order valence-corrected chi connectivity index (χ3v) is 5.08. The Bertz CT molecular complexity index is 818. The van der Waals surface area contributed by atoms with Crippen molar-refractivity contribution < 1.29 is 8.42 Å². The highest BCUT2D eigenvalue weighted by atomic mass is 79.9. The monoisotopic (exact) mass is 357 g/mol. The number of hydrogen-bond donors (Lipinski definition) is 0. The minimum absolute atomic E-state index is 0.304. The van der Waals surface area contributed by atoms with E-state index in [9.17, 15) is 8.42 Å². The van der Waals surface area contributed by atoms with Crippen LogP contribution in [0.5, 0.6) is 0 Å². The smallest absolute Gasteiger partial charge is 0.213 e. The minimum Gasteiger partial charge on any atom is -0.224 e. The van der Waals surface area contributed by atoms with Gasteiger partial charge in [0.1, 0.15) is 0 Å². The topological polar surface area (TPSA) is 64.3 Å².